The number of hydrogen-bond donors (Lipinski definition) is 2. The summed E-state index contributed by atoms with van der Waals surface area (Å²) in [5.41, 5.74) is 3.12. The van der Waals surface area contributed by atoms with Gasteiger partial charge in [0.25, 0.3) is 0 Å². The predicted octanol–water partition coefficient (Wildman–Crippen LogP) is 2.23. The number of aliphatic imine (C=N–C) groups is 1. The summed E-state index contributed by atoms with van der Waals surface area (Å²) in [5, 5.41) is 19.4. The molecular weight excluding hydrogens is 364 g/mol. The second kappa shape index (κ2) is 9.01. The van der Waals surface area contributed by atoms with Gasteiger partial charge in [-0.2, -0.15) is 5.10 Å². The van der Waals surface area contributed by atoms with E-state index in [1.807, 2.05) is 71.0 Å². The van der Waals surface area contributed by atoms with Crippen LogP contribution in [-0.4, -0.2) is 36.9 Å². The Labute approximate surface area is 169 Å². The van der Waals surface area contributed by atoms with Crippen LogP contribution in [0.5, 0.6) is 0 Å². The molecule has 4 aromatic rings. The number of guanidine groups is 1. The molecule has 0 unspecified atom stereocenters. The zero-order valence-corrected chi connectivity index (χ0v) is 16.4. The maximum Gasteiger partial charge on any atom is 0.191 e. The number of benzene rings is 1. The first-order chi connectivity index (χ1) is 14.3. The third-order valence-electron chi connectivity index (χ3n) is 4.44. The first kappa shape index (κ1) is 18.7. The highest BCUT2D eigenvalue weighted by Gasteiger charge is 2.06. The molecule has 2 N–H and O–H groups in total. The van der Waals surface area contributed by atoms with Crippen LogP contribution in [0, 0.1) is 0 Å². The average Bonchev–Trinajstić information content (AvgIpc) is 3.38. The maximum absolute atomic E-state index is 4.67. The minimum absolute atomic E-state index is 0.532. The van der Waals surface area contributed by atoms with Crippen molar-refractivity contribution >= 4 is 11.6 Å². The van der Waals surface area contributed by atoms with Gasteiger partial charge in [0.1, 0.15) is 0 Å². The maximum atomic E-state index is 4.67. The predicted molar refractivity (Wildman–Crippen MR) is 112 cm³/mol. The number of hydrogen-bond acceptors (Lipinski definition) is 4. The van der Waals surface area contributed by atoms with E-state index in [1.165, 1.54) is 5.56 Å². The zero-order chi connectivity index (χ0) is 19.9. The molecule has 3 aromatic heterocycles. The normalized spacial score (nSPS) is 11.7. The summed E-state index contributed by atoms with van der Waals surface area (Å²) in [4.78, 5) is 4.67. The van der Waals surface area contributed by atoms with Crippen molar-refractivity contribution in [2.45, 2.75) is 26.6 Å². The molecule has 0 spiro atoms. The lowest BCUT2D eigenvalue weighted by molar-refractivity contribution is 0.686. The molecule has 0 saturated carbocycles. The van der Waals surface area contributed by atoms with Crippen LogP contribution in [0.25, 0.3) is 5.65 Å². The molecule has 0 atom stereocenters. The van der Waals surface area contributed by atoms with Gasteiger partial charge in [0.2, 0.25) is 0 Å². The summed E-state index contributed by atoms with van der Waals surface area (Å²) in [6.07, 6.45) is 5.85. The summed E-state index contributed by atoms with van der Waals surface area (Å²) in [6, 6.07) is 16.1. The van der Waals surface area contributed by atoms with Crippen molar-refractivity contribution in [3.8, 4) is 0 Å². The lowest BCUT2D eigenvalue weighted by Crippen LogP contribution is -2.37. The first-order valence-corrected chi connectivity index (χ1v) is 9.68. The number of pyridine rings is 1. The minimum atomic E-state index is 0.532. The molecule has 8 nitrogen and oxygen atoms in total. The van der Waals surface area contributed by atoms with E-state index in [0.717, 1.165) is 36.1 Å². The van der Waals surface area contributed by atoms with Gasteiger partial charge in [0, 0.05) is 24.5 Å². The standard InChI is InChI=1S/C21H24N8/c1-2-22-21(24-14-20-27-26-19-10-6-7-11-29(19)20)23-12-18-13-25-28(16-18)15-17-8-4-3-5-9-17/h3-11,13,16H,2,12,14-15H2,1H3,(H2,22,23,24). The van der Waals surface area contributed by atoms with Crippen molar-refractivity contribution in [1.29, 1.82) is 0 Å². The van der Waals surface area contributed by atoms with Crippen LogP contribution in [-0.2, 0) is 19.6 Å². The van der Waals surface area contributed by atoms with Crippen molar-refractivity contribution in [3.63, 3.8) is 0 Å². The quantitative estimate of drug-likeness (QED) is 0.375. The van der Waals surface area contributed by atoms with Gasteiger partial charge < -0.3 is 10.6 Å². The molecule has 0 bridgehead atoms. The van der Waals surface area contributed by atoms with Crippen LogP contribution in [0.2, 0.25) is 0 Å². The summed E-state index contributed by atoms with van der Waals surface area (Å²) in [6.45, 7) is 4.65. The molecule has 148 valence electrons. The van der Waals surface area contributed by atoms with E-state index in [9.17, 15) is 0 Å². The lowest BCUT2D eigenvalue weighted by atomic mass is 10.2. The molecule has 0 aliphatic heterocycles. The second-order valence-electron chi connectivity index (χ2n) is 6.63. The molecule has 0 saturated heterocycles. The number of aromatic nitrogens is 5. The molecule has 0 aliphatic carbocycles. The Hall–Kier alpha value is -3.68. The third kappa shape index (κ3) is 4.78. The van der Waals surface area contributed by atoms with Gasteiger partial charge in [0.05, 0.1) is 25.8 Å². The fourth-order valence-electron chi connectivity index (χ4n) is 3.03. The summed E-state index contributed by atoms with van der Waals surface area (Å²) < 4.78 is 3.90. The monoisotopic (exact) mass is 388 g/mol. The Morgan fingerprint density at radius 2 is 1.86 bits per heavy atom. The fraction of sp³-hybridized carbons (Fsp3) is 0.238. The van der Waals surface area contributed by atoms with E-state index in [1.54, 1.807) is 0 Å². The molecule has 0 radical (unpaired) electrons. The Morgan fingerprint density at radius 1 is 1.00 bits per heavy atom. The SMILES string of the molecule is CCNC(=NCc1cnn(Cc2ccccc2)c1)NCc1nnc2ccccn12. The lowest BCUT2D eigenvalue weighted by Gasteiger charge is -2.10. The first-order valence-electron chi connectivity index (χ1n) is 9.68. The van der Waals surface area contributed by atoms with Gasteiger partial charge in [-0.3, -0.25) is 9.08 Å². The molecule has 1 aromatic carbocycles. The summed E-state index contributed by atoms with van der Waals surface area (Å²) in [5.74, 6) is 1.57. The largest absolute Gasteiger partial charge is 0.357 e. The van der Waals surface area contributed by atoms with Crippen molar-refractivity contribution in [2.24, 2.45) is 4.99 Å². The highest BCUT2D eigenvalue weighted by atomic mass is 15.3. The van der Waals surface area contributed by atoms with Gasteiger partial charge >= 0.3 is 0 Å². The highest BCUT2D eigenvalue weighted by molar-refractivity contribution is 5.79. The van der Waals surface area contributed by atoms with Crippen molar-refractivity contribution < 1.29 is 0 Å². The molecule has 0 aliphatic rings. The molecule has 4 rings (SSSR count). The highest BCUT2D eigenvalue weighted by Crippen LogP contribution is 2.05. The van der Waals surface area contributed by atoms with Gasteiger partial charge in [-0.05, 0) is 24.6 Å². The topological polar surface area (TPSA) is 84.4 Å². The van der Waals surface area contributed by atoms with Gasteiger partial charge in [-0.15, -0.1) is 10.2 Å². The molecular formula is C21H24N8. The summed E-state index contributed by atoms with van der Waals surface area (Å²) >= 11 is 0. The van der Waals surface area contributed by atoms with Crippen LogP contribution >= 0.6 is 0 Å². The number of nitrogens with zero attached hydrogens (tertiary/aromatic N) is 6. The van der Waals surface area contributed by atoms with E-state index in [2.05, 4.69) is 43.1 Å². The smallest absolute Gasteiger partial charge is 0.191 e. The van der Waals surface area contributed by atoms with Gasteiger partial charge in [-0.25, -0.2) is 4.99 Å². The van der Waals surface area contributed by atoms with Crippen molar-refractivity contribution in [1.82, 2.24) is 35.0 Å². The Morgan fingerprint density at radius 3 is 2.72 bits per heavy atom. The van der Waals surface area contributed by atoms with Gasteiger partial charge in [-0.1, -0.05) is 36.4 Å². The zero-order valence-electron chi connectivity index (χ0n) is 16.4. The van der Waals surface area contributed by atoms with Crippen LogP contribution < -0.4 is 10.6 Å². The Balaban J connectivity index is 1.38. The van der Waals surface area contributed by atoms with Crippen LogP contribution in [0.1, 0.15) is 23.9 Å². The molecule has 29 heavy (non-hydrogen) atoms. The Bertz CT molecular complexity index is 1080. The minimum Gasteiger partial charge on any atom is -0.357 e. The molecule has 8 heteroatoms. The van der Waals surface area contributed by atoms with Crippen LogP contribution in [0.15, 0.2) is 72.1 Å². The van der Waals surface area contributed by atoms with Crippen molar-refractivity contribution in [3.05, 3.63) is 84.1 Å². The molecule has 0 fully saturated rings. The van der Waals surface area contributed by atoms with Crippen molar-refractivity contribution in [2.75, 3.05) is 6.54 Å². The number of fused-ring (bicyclic) bond motifs is 1. The fourth-order valence-corrected chi connectivity index (χ4v) is 3.03. The van der Waals surface area contributed by atoms with E-state index < -0.39 is 0 Å². The van der Waals surface area contributed by atoms with Crippen LogP contribution in [0.3, 0.4) is 0 Å². The Kier molecular flexibility index (Phi) is 5.80. The number of nitrogens with one attached hydrogen (secondary N) is 2. The second-order valence-corrected chi connectivity index (χ2v) is 6.63. The summed E-state index contributed by atoms with van der Waals surface area (Å²) in [7, 11) is 0. The van der Waals surface area contributed by atoms with Gasteiger partial charge in [0.15, 0.2) is 17.4 Å². The number of rotatable bonds is 7. The average molecular weight is 388 g/mol. The van der Waals surface area contributed by atoms with E-state index >= 15 is 0 Å². The molecule has 0 amide bonds. The third-order valence-corrected chi connectivity index (χ3v) is 4.44. The van der Waals surface area contributed by atoms with E-state index in [4.69, 9.17) is 0 Å². The van der Waals surface area contributed by atoms with Crippen LogP contribution in [0.4, 0.5) is 0 Å². The van der Waals surface area contributed by atoms with E-state index in [-0.39, 0.29) is 0 Å². The molecule has 3 heterocycles. The van der Waals surface area contributed by atoms with E-state index in [0.29, 0.717) is 13.1 Å².